The van der Waals surface area contributed by atoms with Crippen LogP contribution >= 0.6 is 0 Å². The van der Waals surface area contributed by atoms with Crippen molar-refractivity contribution < 1.29 is 24.2 Å². The first-order valence-corrected chi connectivity index (χ1v) is 8.71. The number of rotatable bonds is 5. The van der Waals surface area contributed by atoms with Crippen molar-refractivity contribution >= 4 is 17.8 Å². The monoisotopic (exact) mass is 340 g/mol. The van der Waals surface area contributed by atoms with Gasteiger partial charge in [0.05, 0.1) is 12.5 Å². The molecule has 1 aliphatic carbocycles. The van der Waals surface area contributed by atoms with Crippen molar-refractivity contribution in [2.24, 2.45) is 5.92 Å². The first kappa shape index (κ1) is 18.7. The summed E-state index contributed by atoms with van der Waals surface area (Å²) < 4.78 is 5.55. The number of ether oxygens (including phenoxy) is 1. The zero-order chi connectivity index (χ0) is 17.7. The quantitative estimate of drug-likeness (QED) is 0.810. The lowest BCUT2D eigenvalue weighted by atomic mass is 9.83. The van der Waals surface area contributed by atoms with Gasteiger partial charge in [-0.3, -0.25) is 14.4 Å². The van der Waals surface area contributed by atoms with Crippen molar-refractivity contribution in [1.82, 2.24) is 9.80 Å². The molecule has 7 heteroatoms. The van der Waals surface area contributed by atoms with Crippen LogP contribution in [0.4, 0.5) is 0 Å². The maximum Gasteiger partial charge on any atom is 0.306 e. The maximum absolute atomic E-state index is 12.8. The van der Waals surface area contributed by atoms with Gasteiger partial charge in [-0.1, -0.05) is 19.3 Å². The number of carbonyl (C=O) groups is 3. The van der Waals surface area contributed by atoms with E-state index in [0.29, 0.717) is 38.8 Å². The van der Waals surface area contributed by atoms with Crippen molar-refractivity contribution in [3.8, 4) is 0 Å². The molecule has 7 nitrogen and oxygen atoms in total. The van der Waals surface area contributed by atoms with Crippen LogP contribution in [-0.4, -0.2) is 72.1 Å². The van der Waals surface area contributed by atoms with E-state index in [2.05, 4.69) is 0 Å². The molecule has 0 radical (unpaired) electrons. The number of likely N-dealkylation sites (tertiary alicyclic amines) is 1. The average molecular weight is 340 g/mol. The number of carbonyl (C=O) groups excluding carboxylic acids is 2. The van der Waals surface area contributed by atoms with Gasteiger partial charge in [0.2, 0.25) is 5.91 Å². The molecule has 0 bridgehead atoms. The number of carboxylic acids is 1. The van der Waals surface area contributed by atoms with E-state index in [-0.39, 0.29) is 24.3 Å². The zero-order valence-corrected chi connectivity index (χ0v) is 14.6. The van der Waals surface area contributed by atoms with E-state index in [4.69, 9.17) is 9.84 Å². The lowest BCUT2D eigenvalue weighted by Crippen LogP contribution is -2.53. The van der Waals surface area contributed by atoms with E-state index in [1.165, 1.54) is 4.90 Å². The van der Waals surface area contributed by atoms with E-state index in [1.807, 2.05) is 0 Å². The Balaban J connectivity index is 1.89. The molecule has 0 aromatic rings. The lowest BCUT2D eigenvalue weighted by molar-refractivity contribution is -0.160. The predicted octanol–water partition coefficient (Wildman–Crippen LogP) is 1.12. The Hall–Kier alpha value is -1.63. The third kappa shape index (κ3) is 4.06. The highest BCUT2D eigenvalue weighted by atomic mass is 16.5. The number of hydrogen-bond donors (Lipinski definition) is 1. The van der Waals surface area contributed by atoms with E-state index in [1.54, 1.807) is 19.1 Å². The topological polar surface area (TPSA) is 87.2 Å². The minimum absolute atomic E-state index is 0.0156. The number of nitrogens with zero attached hydrogens (tertiary/aromatic N) is 2. The van der Waals surface area contributed by atoms with Gasteiger partial charge in [0.15, 0.2) is 0 Å². The van der Waals surface area contributed by atoms with Crippen LogP contribution in [0.15, 0.2) is 0 Å². The summed E-state index contributed by atoms with van der Waals surface area (Å²) in [4.78, 5) is 39.3. The number of likely N-dealkylation sites (N-methyl/N-ethyl adjacent to an activating group) is 1. The molecule has 1 heterocycles. The van der Waals surface area contributed by atoms with E-state index in [9.17, 15) is 14.4 Å². The normalized spacial score (nSPS) is 21.3. The van der Waals surface area contributed by atoms with Crippen LogP contribution in [0.2, 0.25) is 0 Å². The molecule has 2 amide bonds. The molecule has 0 aromatic carbocycles. The summed E-state index contributed by atoms with van der Waals surface area (Å²) in [7, 11) is 3.20. The second-order valence-corrected chi connectivity index (χ2v) is 6.91. The van der Waals surface area contributed by atoms with E-state index >= 15 is 0 Å². The molecule has 0 atom stereocenters. The minimum atomic E-state index is -0.797. The Morgan fingerprint density at radius 1 is 1.17 bits per heavy atom. The van der Waals surface area contributed by atoms with Gasteiger partial charge in [-0.25, -0.2) is 0 Å². The molecule has 0 spiro atoms. The van der Waals surface area contributed by atoms with Gasteiger partial charge in [0.1, 0.15) is 5.60 Å². The van der Waals surface area contributed by atoms with Gasteiger partial charge < -0.3 is 19.6 Å². The third-order valence-electron chi connectivity index (χ3n) is 5.36. The van der Waals surface area contributed by atoms with Crippen LogP contribution in [0.1, 0.15) is 44.9 Å². The second-order valence-electron chi connectivity index (χ2n) is 6.91. The lowest BCUT2D eigenvalue weighted by Gasteiger charge is -2.38. The van der Waals surface area contributed by atoms with Crippen LogP contribution in [-0.2, 0) is 19.1 Å². The van der Waals surface area contributed by atoms with Gasteiger partial charge in [-0.05, 0) is 25.7 Å². The standard InChI is InChI=1S/C17H28N2O5/c1-18(16(23)17(24-2)8-4-3-5-9-17)12-14(20)19-10-6-13(7-11-19)15(21)22/h13H,3-12H2,1-2H3,(H,21,22). The smallest absolute Gasteiger partial charge is 0.306 e. The average Bonchev–Trinajstić information content (AvgIpc) is 2.61. The minimum Gasteiger partial charge on any atom is -0.481 e. The Morgan fingerprint density at radius 3 is 2.25 bits per heavy atom. The van der Waals surface area contributed by atoms with Crippen molar-refractivity contribution in [1.29, 1.82) is 0 Å². The zero-order valence-electron chi connectivity index (χ0n) is 14.6. The molecule has 0 aromatic heterocycles. The first-order valence-electron chi connectivity index (χ1n) is 8.71. The summed E-state index contributed by atoms with van der Waals surface area (Å²) in [6.45, 7) is 0.891. The highest BCUT2D eigenvalue weighted by Crippen LogP contribution is 2.32. The van der Waals surface area contributed by atoms with Gasteiger partial charge in [0.25, 0.3) is 5.91 Å². The Morgan fingerprint density at radius 2 is 1.75 bits per heavy atom. The molecular weight excluding hydrogens is 312 g/mol. The summed E-state index contributed by atoms with van der Waals surface area (Å²) in [5, 5.41) is 9.01. The molecule has 136 valence electrons. The molecule has 0 unspecified atom stereocenters. The number of hydrogen-bond acceptors (Lipinski definition) is 4. The largest absolute Gasteiger partial charge is 0.481 e. The molecular formula is C17H28N2O5. The van der Waals surface area contributed by atoms with E-state index in [0.717, 1.165) is 19.3 Å². The molecule has 1 aliphatic heterocycles. The van der Waals surface area contributed by atoms with Gasteiger partial charge in [-0.2, -0.15) is 0 Å². The van der Waals surface area contributed by atoms with Crippen molar-refractivity contribution in [3.63, 3.8) is 0 Å². The fraction of sp³-hybridized carbons (Fsp3) is 0.824. The van der Waals surface area contributed by atoms with Gasteiger partial charge in [-0.15, -0.1) is 0 Å². The van der Waals surface area contributed by atoms with Crippen LogP contribution in [0, 0.1) is 5.92 Å². The van der Waals surface area contributed by atoms with Gasteiger partial charge >= 0.3 is 5.97 Å². The molecule has 1 N–H and O–H groups in total. The Kier molecular flexibility index (Phi) is 6.21. The highest BCUT2D eigenvalue weighted by Gasteiger charge is 2.42. The molecule has 2 fully saturated rings. The first-order chi connectivity index (χ1) is 11.4. The Bertz CT molecular complexity index is 479. The summed E-state index contributed by atoms with van der Waals surface area (Å²) in [5.74, 6) is -1.42. The number of carboxylic acid groups (broad SMARTS) is 1. The summed E-state index contributed by atoms with van der Waals surface area (Å²) >= 11 is 0. The van der Waals surface area contributed by atoms with Crippen molar-refractivity contribution in [2.45, 2.75) is 50.5 Å². The molecule has 2 aliphatic rings. The van der Waals surface area contributed by atoms with Crippen molar-refractivity contribution in [3.05, 3.63) is 0 Å². The van der Waals surface area contributed by atoms with Gasteiger partial charge in [0, 0.05) is 27.2 Å². The van der Waals surface area contributed by atoms with Crippen LogP contribution in [0.5, 0.6) is 0 Å². The van der Waals surface area contributed by atoms with Crippen LogP contribution in [0.3, 0.4) is 0 Å². The molecule has 1 saturated heterocycles. The van der Waals surface area contributed by atoms with E-state index < -0.39 is 11.6 Å². The summed E-state index contributed by atoms with van der Waals surface area (Å²) in [5.41, 5.74) is -0.788. The van der Waals surface area contributed by atoms with Crippen LogP contribution in [0.25, 0.3) is 0 Å². The van der Waals surface area contributed by atoms with Crippen molar-refractivity contribution in [2.75, 3.05) is 33.8 Å². The summed E-state index contributed by atoms with van der Waals surface area (Å²) in [6, 6.07) is 0. The predicted molar refractivity (Wildman–Crippen MR) is 87.4 cm³/mol. The fourth-order valence-corrected chi connectivity index (χ4v) is 3.73. The number of aliphatic carboxylic acids is 1. The second kappa shape index (κ2) is 7.96. The number of methoxy groups -OCH3 is 1. The third-order valence-corrected chi connectivity index (χ3v) is 5.36. The highest BCUT2D eigenvalue weighted by molar-refractivity contribution is 5.89. The molecule has 2 rings (SSSR count). The van der Waals surface area contributed by atoms with Crippen LogP contribution < -0.4 is 0 Å². The number of piperidine rings is 1. The molecule has 1 saturated carbocycles. The maximum atomic E-state index is 12.8. The summed E-state index contributed by atoms with van der Waals surface area (Å²) in [6.07, 6.45) is 5.38. The SMILES string of the molecule is COC1(C(=O)N(C)CC(=O)N2CCC(C(=O)O)CC2)CCCCC1. The Labute approximate surface area is 142 Å². The fourth-order valence-electron chi connectivity index (χ4n) is 3.73. The number of amides is 2. The molecule has 24 heavy (non-hydrogen) atoms.